The van der Waals surface area contributed by atoms with E-state index < -0.39 is 5.91 Å². The number of aryl methyl sites for hydroxylation is 1. The number of nitrogens with two attached hydrogens (primary N) is 1. The minimum absolute atomic E-state index is 0.126. The molecule has 1 aromatic carbocycles. The largest absolute Gasteiger partial charge is 0.444 e. The number of rotatable bonds is 4. The highest BCUT2D eigenvalue weighted by atomic mass is 16.6. The zero-order valence-electron chi connectivity index (χ0n) is 9.21. The number of hydrogen-bond donors (Lipinski definition) is 1. The highest BCUT2D eigenvalue weighted by Gasteiger charge is 2.04. The van der Waals surface area contributed by atoms with Gasteiger partial charge in [-0.3, -0.25) is 9.32 Å². The Hall–Kier alpha value is -2.37. The van der Waals surface area contributed by atoms with Gasteiger partial charge in [0.05, 0.1) is 0 Å². The Morgan fingerprint density at radius 2 is 2.12 bits per heavy atom. The molecule has 1 amide bonds. The van der Waals surface area contributed by atoms with Gasteiger partial charge in [-0.1, -0.05) is 17.3 Å². The Labute approximate surface area is 97.4 Å². The van der Waals surface area contributed by atoms with Crippen LogP contribution in [0.1, 0.15) is 21.7 Å². The lowest BCUT2D eigenvalue weighted by atomic mass is 10.1. The van der Waals surface area contributed by atoms with Crippen LogP contribution in [0.5, 0.6) is 6.08 Å². The Balaban J connectivity index is 1.97. The molecule has 2 N–H and O–H groups in total. The van der Waals surface area contributed by atoms with Crippen molar-refractivity contribution in [1.82, 2.24) is 10.1 Å². The molecule has 0 aliphatic rings. The summed E-state index contributed by atoms with van der Waals surface area (Å²) in [4.78, 5) is 14.7. The number of amides is 1. The number of aromatic nitrogens is 2. The van der Waals surface area contributed by atoms with Crippen LogP contribution in [0.2, 0.25) is 0 Å². The first-order valence-corrected chi connectivity index (χ1v) is 4.97. The van der Waals surface area contributed by atoms with Gasteiger partial charge in [0, 0.05) is 5.56 Å². The number of carbonyl (C=O) groups excluding carboxylic acids is 1. The molecule has 6 nitrogen and oxygen atoms in total. The maximum absolute atomic E-state index is 10.9. The number of carbonyl (C=O) groups is 1. The van der Waals surface area contributed by atoms with Crippen molar-refractivity contribution in [1.29, 1.82) is 0 Å². The molecule has 2 rings (SSSR count). The molecule has 0 fully saturated rings. The Bertz CT molecular complexity index is 519. The number of primary amides is 1. The predicted octanol–water partition coefficient (Wildman–Crippen LogP) is 1.06. The molecule has 0 aliphatic heterocycles. The first-order valence-electron chi connectivity index (χ1n) is 4.97. The topological polar surface area (TPSA) is 91.2 Å². The number of nitrogens with zero attached hydrogens (tertiary/aromatic N) is 2. The summed E-state index contributed by atoms with van der Waals surface area (Å²) in [6.07, 6.45) is 0.126. The predicted molar refractivity (Wildman–Crippen MR) is 58.3 cm³/mol. The highest BCUT2D eigenvalue weighted by molar-refractivity contribution is 5.92. The van der Waals surface area contributed by atoms with Gasteiger partial charge in [0.1, 0.15) is 6.61 Å². The van der Waals surface area contributed by atoms with E-state index in [1.165, 1.54) is 0 Å². The average molecular weight is 233 g/mol. The second kappa shape index (κ2) is 4.65. The summed E-state index contributed by atoms with van der Waals surface area (Å²) in [5.41, 5.74) is 6.47. The Kier molecular flexibility index (Phi) is 3.04. The van der Waals surface area contributed by atoms with E-state index in [-0.39, 0.29) is 6.08 Å². The van der Waals surface area contributed by atoms with Gasteiger partial charge >= 0.3 is 6.08 Å². The van der Waals surface area contributed by atoms with Crippen LogP contribution >= 0.6 is 0 Å². The SMILES string of the molecule is Cc1noc(OCc2ccc(C(N)=O)cc2)n1. The van der Waals surface area contributed by atoms with Crippen molar-refractivity contribution >= 4 is 5.91 Å². The average Bonchev–Trinajstić information content (AvgIpc) is 2.73. The fourth-order valence-electron chi connectivity index (χ4n) is 1.25. The Morgan fingerprint density at radius 3 is 2.65 bits per heavy atom. The van der Waals surface area contributed by atoms with E-state index in [0.29, 0.717) is 18.0 Å². The smallest absolute Gasteiger partial charge is 0.417 e. The van der Waals surface area contributed by atoms with E-state index in [1.54, 1.807) is 31.2 Å². The van der Waals surface area contributed by atoms with Crippen LogP contribution in [0, 0.1) is 6.92 Å². The van der Waals surface area contributed by atoms with Gasteiger partial charge in [-0.05, 0) is 24.6 Å². The summed E-state index contributed by atoms with van der Waals surface area (Å²) in [5, 5.41) is 3.59. The molecule has 0 aliphatic carbocycles. The normalized spacial score (nSPS) is 10.2. The molecule has 0 radical (unpaired) electrons. The third-order valence-corrected chi connectivity index (χ3v) is 2.11. The molecule has 1 aromatic heterocycles. The van der Waals surface area contributed by atoms with Crippen molar-refractivity contribution in [2.45, 2.75) is 13.5 Å². The maximum Gasteiger partial charge on any atom is 0.417 e. The van der Waals surface area contributed by atoms with Gasteiger partial charge < -0.3 is 10.5 Å². The summed E-state index contributed by atoms with van der Waals surface area (Å²) in [6.45, 7) is 2.00. The zero-order valence-corrected chi connectivity index (χ0v) is 9.21. The van der Waals surface area contributed by atoms with Crippen LogP contribution in [-0.2, 0) is 6.61 Å². The highest BCUT2D eigenvalue weighted by Crippen LogP contribution is 2.10. The van der Waals surface area contributed by atoms with Gasteiger partial charge in [0.15, 0.2) is 5.82 Å². The van der Waals surface area contributed by atoms with Gasteiger partial charge in [-0.2, -0.15) is 4.98 Å². The van der Waals surface area contributed by atoms with E-state index >= 15 is 0 Å². The number of hydrogen-bond acceptors (Lipinski definition) is 5. The Morgan fingerprint density at radius 1 is 1.41 bits per heavy atom. The summed E-state index contributed by atoms with van der Waals surface area (Å²) in [5.74, 6) is 0.0640. The van der Waals surface area contributed by atoms with E-state index in [2.05, 4.69) is 10.1 Å². The fraction of sp³-hybridized carbons (Fsp3) is 0.182. The lowest BCUT2D eigenvalue weighted by molar-refractivity contribution is 0.1000. The standard InChI is InChI=1S/C11H11N3O3/c1-7-13-11(17-14-7)16-6-8-2-4-9(5-3-8)10(12)15/h2-5H,6H2,1H3,(H2,12,15). The monoisotopic (exact) mass is 233 g/mol. The second-order valence-corrected chi connectivity index (χ2v) is 3.46. The molecule has 88 valence electrons. The first kappa shape index (κ1) is 11.1. The minimum Gasteiger partial charge on any atom is -0.444 e. The van der Waals surface area contributed by atoms with Gasteiger partial charge in [-0.25, -0.2) is 0 Å². The lowest BCUT2D eigenvalue weighted by Gasteiger charge is -2.01. The minimum atomic E-state index is -0.454. The van der Waals surface area contributed by atoms with Crippen LogP contribution in [0.25, 0.3) is 0 Å². The first-order chi connectivity index (χ1) is 8.15. The molecule has 0 saturated heterocycles. The summed E-state index contributed by atoms with van der Waals surface area (Å²) in [6, 6.07) is 6.78. The summed E-state index contributed by atoms with van der Waals surface area (Å²) < 4.78 is 10.0. The van der Waals surface area contributed by atoms with E-state index in [9.17, 15) is 4.79 Å². The van der Waals surface area contributed by atoms with E-state index in [1.807, 2.05) is 0 Å². The molecular weight excluding hydrogens is 222 g/mol. The molecular formula is C11H11N3O3. The van der Waals surface area contributed by atoms with Crippen molar-refractivity contribution in [3.63, 3.8) is 0 Å². The van der Waals surface area contributed by atoms with Gasteiger partial charge in [-0.15, -0.1) is 0 Å². The van der Waals surface area contributed by atoms with Crippen LogP contribution in [0.4, 0.5) is 0 Å². The molecule has 17 heavy (non-hydrogen) atoms. The van der Waals surface area contributed by atoms with E-state index in [0.717, 1.165) is 5.56 Å². The molecule has 0 unspecified atom stereocenters. The second-order valence-electron chi connectivity index (χ2n) is 3.46. The quantitative estimate of drug-likeness (QED) is 0.852. The zero-order chi connectivity index (χ0) is 12.3. The summed E-state index contributed by atoms with van der Waals surface area (Å²) >= 11 is 0. The van der Waals surface area contributed by atoms with Gasteiger partial charge in [0.2, 0.25) is 5.91 Å². The van der Waals surface area contributed by atoms with Gasteiger partial charge in [0.25, 0.3) is 0 Å². The van der Waals surface area contributed by atoms with Crippen LogP contribution in [-0.4, -0.2) is 16.0 Å². The third kappa shape index (κ3) is 2.81. The van der Waals surface area contributed by atoms with Crippen LogP contribution in [0.3, 0.4) is 0 Å². The van der Waals surface area contributed by atoms with Crippen molar-refractivity contribution in [3.05, 3.63) is 41.2 Å². The maximum atomic E-state index is 10.9. The fourth-order valence-corrected chi connectivity index (χ4v) is 1.25. The van der Waals surface area contributed by atoms with Crippen LogP contribution in [0.15, 0.2) is 28.8 Å². The summed E-state index contributed by atoms with van der Waals surface area (Å²) in [7, 11) is 0. The molecule has 0 saturated carbocycles. The third-order valence-electron chi connectivity index (χ3n) is 2.11. The molecule has 0 spiro atoms. The van der Waals surface area contributed by atoms with Crippen molar-refractivity contribution in [2.75, 3.05) is 0 Å². The molecule has 0 atom stereocenters. The van der Waals surface area contributed by atoms with Crippen LogP contribution < -0.4 is 10.5 Å². The number of benzene rings is 1. The molecule has 2 aromatic rings. The molecule has 6 heteroatoms. The van der Waals surface area contributed by atoms with Crippen molar-refractivity contribution < 1.29 is 14.1 Å². The lowest BCUT2D eigenvalue weighted by Crippen LogP contribution is -2.10. The molecule has 1 heterocycles. The number of ether oxygens (including phenoxy) is 1. The van der Waals surface area contributed by atoms with Crippen molar-refractivity contribution in [3.8, 4) is 6.08 Å². The van der Waals surface area contributed by atoms with Crippen molar-refractivity contribution in [2.24, 2.45) is 5.73 Å². The molecule has 0 bridgehead atoms. The van der Waals surface area contributed by atoms with E-state index in [4.69, 9.17) is 15.0 Å².